The van der Waals surface area contributed by atoms with Crippen molar-refractivity contribution < 1.29 is 13.2 Å². The summed E-state index contributed by atoms with van der Waals surface area (Å²) in [7, 11) is -2.02. The average Bonchev–Trinajstić information content (AvgIpc) is 3.21. The minimum absolute atomic E-state index is 0.107. The third-order valence-corrected chi connectivity index (χ3v) is 6.65. The first-order valence-electron chi connectivity index (χ1n) is 8.68. The molecule has 1 amide bonds. The van der Waals surface area contributed by atoms with Crippen molar-refractivity contribution in [1.29, 1.82) is 0 Å². The second kappa shape index (κ2) is 9.26. The third-order valence-electron chi connectivity index (χ3n) is 4.08. The molecule has 0 aliphatic carbocycles. The zero-order valence-corrected chi connectivity index (χ0v) is 18.0. The Morgan fingerprint density at radius 3 is 2.48 bits per heavy atom. The van der Waals surface area contributed by atoms with Gasteiger partial charge in [0, 0.05) is 18.0 Å². The van der Waals surface area contributed by atoms with E-state index in [-0.39, 0.29) is 10.8 Å². The number of benzene rings is 2. The molecule has 0 aliphatic heterocycles. The van der Waals surface area contributed by atoms with Crippen LogP contribution in [0.2, 0.25) is 5.02 Å². The Morgan fingerprint density at radius 2 is 1.83 bits per heavy atom. The number of halogens is 1. The maximum absolute atomic E-state index is 12.5. The van der Waals surface area contributed by atoms with Crippen LogP contribution in [0.5, 0.6) is 0 Å². The molecule has 0 saturated carbocycles. The predicted molar refractivity (Wildman–Crippen MR) is 119 cm³/mol. The Hall–Kier alpha value is -2.61. The molecule has 0 bridgehead atoms. The molecule has 8 heteroatoms. The van der Waals surface area contributed by atoms with Gasteiger partial charge in [0.05, 0.1) is 22.2 Å². The van der Waals surface area contributed by atoms with Gasteiger partial charge in [-0.2, -0.15) is 0 Å². The molecule has 0 unspecified atom stereocenters. The monoisotopic (exact) mass is 446 g/mol. The van der Waals surface area contributed by atoms with Crippen LogP contribution < -0.4 is 4.72 Å². The lowest BCUT2D eigenvalue weighted by Crippen LogP contribution is -2.23. The molecule has 29 heavy (non-hydrogen) atoms. The van der Waals surface area contributed by atoms with Crippen molar-refractivity contribution in [3.63, 3.8) is 0 Å². The molecule has 3 rings (SSSR count). The van der Waals surface area contributed by atoms with Crippen LogP contribution in [-0.4, -0.2) is 26.3 Å². The average molecular weight is 447 g/mol. The largest absolute Gasteiger partial charge is 0.337 e. The molecule has 0 aliphatic rings. The molecular formula is C21H19ClN2O3S2. The van der Waals surface area contributed by atoms with Crippen molar-refractivity contribution >= 4 is 50.6 Å². The van der Waals surface area contributed by atoms with E-state index < -0.39 is 10.0 Å². The van der Waals surface area contributed by atoms with Crippen molar-refractivity contribution in [3.8, 4) is 0 Å². The topological polar surface area (TPSA) is 66.5 Å². The summed E-state index contributed by atoms with van der Waals surface area (Å²) in [5.41, 5.74) is 1.04. The number of anilines is 1. The van der Waals surface area contributed by atoms with Crippen LogP contribution in [0.1, 0.15) is 10.4 Å². The normalized spacial score (nSPS) is 11.5. The lowest BCUT2D eigenvalue weighted by atomic mass is 10.2. The first-order chi connectivity index (χ1) is 13.8. The van der Waals surface area contributed by atoms with Crippen LogP contribution in [0.3, 0.4) is 0 Å². The molecule has 2 aromatic carbocycles. The van der Waals surface area contributed by atoms with Gasteiger partial charge in [0.1, 0.15) is 0 Å². The van der Waals surface area contributed by atoms with Crippen molar-refractivity contribution in [2.24, 2.45) is 0 Å². The van der Waals surface area contributed by atoms with Gasteiger partial charge in [-0.3, -0.25) is 9.52 Å². The quantitative estimate of drug-likeness (QED) is 0.526. The number of thiophene rings is 1. The summed E-state index contributed by atoms with van der Waals surface area (Å²) < 4.78 is 27.5. The number of sulfonamides is 1. The van der Waals surface area contributed by atoms with Gasteiger partial charge >= 0.3 is 0 Å². The first kappa shape index (κ1) is 21.1. The molecule has 0 spiro atoms. The highest BCUT2D eigenvalue weighted by atomic mass is 35.5. The standard InChI is InChI=1S/C21H19ClN2O3S2/c1-24(15-17-5-4-14-28-17)21(25)13-10-16-8-11-18(12-9-16)29(26,27)23-20-7-3-2-6-19(20)22/h2-14,23H,15H2,1H3/b13-10+. The Balaban J connectivity index is 1.65. The molecule has 150 valence electrons. The van der Waals surface area contributed by atoms with Gasteiger partial charge in [-0.1, -0.05) is 41.9 Å². The molecule has 5 nitrogen and oxygen atoms in total. The molecule has 0 saturated heterocycles. The second-order valence-electron chi connectivity index (χ2n) is 6.26. The lowest BCUT2D eigenvalue weighted by molar-refractivity contribution is -0.125. The smallest absolute Gasteiger partial charge is 0.261 e. The van der Waals surface area contributed by atoms with Crippen molar-refractivity contribution in [2.75, 3.05) is 11.8 Å². The fourth-order valence-electron chi connectivity index (χ4n) is 2.51. The van der Waals surface area contributed by atoms with Gasteiger partial charge in [0.25, 0.3) is 10.0 Å². The van der Waals surface area contributed by atoms with Gasteiger partial charge < -0.3 is 4.90 Å². The summed E-state index contributed by atoms with van der Waals surface area (Å²) in [6, 6.07) is 16.8. The van der Waals surface area contributed by atoms with Crippen LogP contribution in [0, 0.1) is 0 Å². The van der Waals surface area contributed by atoms with E-state index in [0.717, 1.165) is 10.4 Å². The summed E-state index contributed by atoms with van der Waals surface area (Å²) in [6.45, 7) is 0.547. The summed E-state index contributed by atoms with van der Waals surface area (Å²) in [6.07, 6.45) is 3.13. The fraction of sp³-hybridized carbons (Fsp3) is 0.0952. The number of carbonyl (C=O) groups excluding carboxylic acids is 1. The van der Waals surface area contributed by atoms with Crippen LogP contribution in [0.15, 0.2) is 77.0 Å². The molecule has 3 aromatic rings. The molecular weight excluding hydrogens is 428 g/mol. The number of nitrogens with one attached hydrogen (secondary N) is 1. The molecule has 1 heterocycles. The second-order valence-corrected chi connectivity index (χ2v) is 9.38. The first-order valence-corrected chi connectivity index (χ1v) is 11.4. The summed E-state index contributed by atoms with van der Waals surface area (Å²) in [5.74, 6) is -0.129. The number of para-hydroxylation sites is 1. The molecule has 0 atom stereocenters. The fourth-order valence-corrected chi connectivity index (χ4v) is 4.59. The molecule has 0 radical (unpaired) electrons. The van der Waals surface area contributed by atoms with Crippen LogP contribution in [0.25, 0.3) is 6.08 Å². The van der Waals surface area contributed by atoms with Gasteiger partial charge in [0.15, 0.2) is 0 Å². The van der Waals surface area contributed by atoms with Crippen molar-refractivity contribution in [1.82, 2.24) is 4.90 Å². The van der Waals surface area contributed by atoms with Gasteiger partial charge in [-0.05, 0) is 47.4 Å². The van der Waals surface area contributed by atoms with E-state index in [1.165, 1.54) is 18.2 Å². The summed E-state index contributed by atoms with van der Waals surface area (Å²) >= 11 is 7.61. The highest BCUT2D eigenvalue weighted by Crippen LogP contribution is 2.24. The van der Waals surface area contributed by atoms with E-state index in [9.17, 15) is 13.2 Å². The Kier molecular flexibility index (Phi) is 6.74. The Labute approximate surface area is 179 Å². The number of nitrogens with zero attached hydrogens (tertiary/aromatic N) is 1. The zero-order chi connectivity index (χ0) is 20.9. The highest BCUT2D eigenvalue weighted by molar-refractivity contribution is 7.92. The molecule has 0 fully saturated rings. The van der Waals surface area contributed by atoms with E-state index in [1.54, 1.807) is 65.8 Å². The van der Waals surface area contributed by atoms with Gasteiger partial charge in [-0.15, -0.1) is 11.3 Å². The minimum atomic E-state index is -3.76. The van der Waals surface area contributed by atoms with E-state index in [4.69, 9.17) is 11.6 Å². The Morgan fingerprint density at radius 1 is 1.10 bits per heavy atom. The summed E-state index contributed by atoms with van der Waals surface area (Å²) in [4.78, 5) is 15.1. The number of amides is 1. The number of carbonyl (C=O) groups is 1. The SMILES string of the molecule is CN(Cc1cccs1)C(=O)/C=C/c1ccc(S(=O)(=O)Nc2ccccc2Cl)cc1. The summed E-state index contributed by atoms with van der Waals surface area (Å²) in [5, 5.41) is 2.29. The van der Waals surface area contributed by atoms with Crippen LogP contribution in [-0.2, 0) is 21.4 Å². The predicted octanol–water partition coefficient (Wildman–Crippen LogP) is 4.87. The zero-order valence-electron chi connectivity index (χ0n) is 15.6. The van der Waals surface area contributed by atoms with E-state index in [2.05, 4.69) is 4.72 Å². The van der Waals surface area contributed by atoms with Gasteiger partial charge in [0.2, 0.25) is 5.91 Å². The lowest BCUT2D eigenvalue weighted by Gasteiger charge is -2.13. The maximum Gasteiger partial charge on any atom is 0.261 e. The molecule has 1 aromatic heterocycles. The highest BCUT2D eigenvalue weighted by Gasteiger charge is 2.15. The maximum atomic E-state index is 12.5. The Bertz CT molecular complexity index is 1110. The third kappa shape index (κ3) is 5.69. The molecule has 1 N–H and O–H groups in total. The number of likely N-dealkylation sites (N-methyl/N-ethyl adjacent to an activating group) is 1. The van der Waals surface area contributed by atoms with E-state index in [1.807, 2.05) is 17.5 Å². The van der Waals surface area contributed by atoms with Crippen LogP contribution in [0.4, 0.5) is 5.69 Å². The number of rotatable bonds is 7. The van der Waals surface area contributed by atoms with Gasteiger partial charge in [-0.25, -0.2) is 8.42 Å². The van der Waals surface area contributed by atoms with E-state index >= 15 is 0 Å². The van der Waals surface area contributed by atoms with E-state index in [0.29, 0.717) is 17.3 Å². The number of hydrogen-bond donors (Lipinski definition) is 1. The van der Waals surface area contributed by atoms with Crippen molar-refractivity contribution in [3.05, 3.63) is 87.6 Å². The minimum Gasteiger partial charge on any atom is -0.337 e. The van der Waals surface area contributed by atoms with Crippen molar-refractivity contribution in [2.45, 2.75) is 11.4 Å². The number of hydrogen-bond acceptors (Lipinski definition) is 4. The van der Waals surface area contributed by atoms with Crippen LogP contribution >= 0.6 is 22.9 Å².